The molecule has 0 aromatic carbocycles. The average molecular weight is 268 g/mol. The van der Waals surface area contributed by atoms with Crippen molar-refractivity contribution in [3.63, 3.8) is 0 Å². The van der Waals surface area contributed by atoms with Crippen molar-refractivity contribution in [1.82, 2.24) is 10.3 Å². The predicted molar refractivity (Wildman–Crippen MR) is 75.8 cm³/mol. The lowest BCUT2D eigenvalue weighted by atomic mass is 10.2. The second-order valence-corrected chi connectivity index (χ2v) is 4.63. The third-order valence-electron chi connectivity index (χ3n) is 2.99. The van der Waals surface area contributed by atoms with Gasteiger partial charge in [0.05, 0.1) is 6.61 Å². The Morgan fingerprint density at radius 1 is 1.21 bits per heavy atom. The van der Waals surface area contributed by atoms with E-state index in [1.807, 2.05) is 6.92 Å². The van der Waals surface area contributed by atoms with Crippen LogP contribution in [0.25, 0.3) is 0 Å². The zero-order valence-corrected chi connectivity index (χ0v) is 12.0. The van der Waals surface area contributed by atoms with Gasteiger partial charge in [-0.25, -0.2) is 9.37 Å². The molecule has 0 fully saturated rings. The summed E-state index contributed by atoms with van der Waals surface area (Å²) in [5, 5.41) is 3.10. The molecule has 0 amide bonds. The summed E-state index contributed by atoms with van der Waals surface area (Å²) >= 11 is 0. The molecule has 0 aliphatic carbocycles. The molecule has 4 heteroatoms. The molecular formula is C15H25FN2O. The number of aromatic nitrogens is 1. The molecule has 0 spiro atoms. The van der Waals surface area contributed by atoms with Gasteiger partial charge in [-0.15, -0.1) is 0 Å². The maximum Gasteiger partial charge on any atom is 0.250 e. The van der Waals surface area contributed by atoms with Gasteiger partial charge in [-0.1, -0.05) is 39.5 Å². The molecular weight excluding hydrogens is 243 g/mol. The van der Waals surface area contributed by atoms with Gasteiger partial charge in [-0.2, -0.15) is 0 Å². The van der Waals surface area contributed by atoms with E-state index in [-0.39, 0.29) is 11.7 Å². The largest absolute Gasteiger partial charge is 0.476 e. The fourth-order valence-electron chi connectivity index (χ4n) is 1.83. The molecule has 0 aliphatic rings. The summed E-state index contributed by atoms with van der Waals surface area (Å²) < 4.78 is 19.4. The van der Waals surface area contributed by atoms with Gasteiger partial charge < -0.3 is 10.1 Å². The first-order valence-electron chi connectivity index (χ1n) is 7.26. The molecule has 0 radical (unpaired) electrons. The van der Waals surface area contributed by atoms with Crippen molar-refractivity contribution in [2.75, 3.05) is 13.2 Å². The van der Waals surface area contributed by atoms with Crippen LogP contribution in [-0.4, -0.2) is 18.1 Å². The Labute approximate surface area is 115 Å². The van der Waals surface area contributed by atoms with E-state index < -0.39 is 0 Å². The monoisotopic (exact) mass is 268 g/mol. The summed E-state index contributed by atoms with van der Waals surface area (Å²) in [4.78, 5) is 3.96. The van der Waals surface area contributed by atoms with Gasteiger partial charge in [-0.3, -0.25) is 0 Å². The van der Waals surface area contributed by atoms with Crippen molar-refractivity contribution < 1.29 is 9.13 Å². The number of unbranched alkanes of at least 4 members (excludes halogenated alkanes) is 4. The summed E-state index contributed by atoms with van der Waals surface area (Å²) in [6.45, 7) is 6.05. The van der Waals surface area contributed by atoms with Crippen LogP contribution in [0.15, 0.2) is 12.3 Å². The molecule has 0 bridgehead atoms. The molecule has 1 heterocycles. The second-order valence-electron chi connectivity index (χ2n) is 4.63. The molecule has 0 saturated carbocycles. The van der Waals surface area contributed by atoms with Crippen molar-refractivity contribution in [2.24, 2.45) is 0 Å². The standard InChI is InChI=1S/C15H25FN2O/c1-3-5-6-7-8-11-19-15-14(16)13(9-10-18-15)12-17-4-2/h9-10,17H,3-8,11-12H2,1-2H3. The Balaban J connectivity index is 2.36. The third kappa shape index (κ3) is 6.01. The fourth-order valence-corrected chi connectivity index (χ4v) is 1.83. The number of halogens is 1. The van der Waals surface area contributed by atoms with Crippen molar-refractivity contribution in [2.45, 2.75) is 52.5 Å². The number of nitrogens with zero attached hydrogens (tertiary/aromatic N) is 1. The van der Waals surface area contributed by atoms with Crippen molar-refractivity contribution >= 4 is 0 Å². The minimum absolute atomic E-state index is 0.130. The molecule has 0 saturated heterocycles. The van der Waals surface area contributed by atoms with E-state index in [1.165, 1.54) is 19.3 Å². The minimum atomic E-state index is -0.336. The number of nitrogens with one attached hydrogen (secondary N) is 1. The predicted octanol–water partition coefficient (Wildman–Crippen LogP) is 3.68. The Bertz CT molecular complexity index is 358. The SMILES string of the molecule is CCCCCCCOc1nccc(CNCC)c1F. The first-order valence-corrected chi connectivity index (χ1v) is 7.26. The quantitative estimate of drug-likeness (QED) is 0.657. The molecule has 1 rings (SSSR count). The zero-order valence-electron chi connectivity index (χ0n) is 12.0. The van der Waals surface area contributed by atoms with Crippen molar-refractivity contribution in [1.29, 1.82) is 0 Å². The normalized spacial score (nSPS) is 10.7. The molecule has 1 aromatic heterocycles. The minimum Gasteiger partial charge on any atom is -0.476 e. The first-order chi connectivity index (χ1) is 9.29. The third-order valence-corrected chi connectivity index (χ3v) is 2.99. The molecule has 108 valence electrons. The van der Waals surface area contributed by atoms with E-state index in [4.69, 9.17) is 4.74 Å². The summed E-state index contributed by atoms with van der Waals surface area (Å²) in [5.74, 6) is -0.206. The van der Waals surface area contributed by atoms with Crippen molar-refractivity contribution in [3.8, 4) is 5.88 Å². The lowest BCUT2D eigenvalue weighted by molar-refractivity contribution is 0.277. The van der Waals surface area contributed by atoms with Crippen LogP contribution in [0.1, 0.15) is 51.5 Å². The van der Waals surface area contributed by atoms with Crippen LogP contribution in [0.2, 0.25) is 0 Å². The number of rotatable bonds is 10. The van der Waals surface area contributed by atoms with Crippen molar-refractivity contribution in [3.05, 3.63) is 23.6 Å². The van der Waals surface area contributed by atoms with Crippen LogP contribution in [-0.2, 0) is 6.54 Å². The summed E-state index contributed by atoms with van der Waals surface area (Å²) in [6.07, 6.45) is 7.39. The highest BCUT2D eigenvalue weighted by molar-refractivity contribution is 5.23. The molecule has 0 aliphatic heterocycles. The van der Waals surface area contributed by atoms with Gasteiger partial charge in [0, 0.05) is 18.3 Å². The van der Waals surface area contributed by atoms with Crippen LogP contribution < -0.4 is 10.1 Å². The maximum atomic E-state index is 14.0. The molecule has 1 N–H and O–H groups in total. The van der Waals surface area contributed by atoms with E-state index in [0.29, 0.717) is 18.7 Å². The summed E-state index contributed by atoms with van der Waals surface area (Å²) in [7, 11) is 0. The smallest absolute Gasteiger partial charge is 0.250 e. The molecule has 1 aromatic rings. The second kappa shape index (κ2) is 9.73. The summed E-state index contributed by atoms with van der Waals surface area (Å²) in [6, 6.07) is 1.69. The Morgan fingerprint density at radius 3 is 2.74 bits per heavy atom. The van der Waals surface area contributed by atoms with Gasteiger partial charge >= 0.3 is 0 Å². The molecule has 0 unspecified atom stereocenters. The van der Waals surface area contributed by atoms with Crippen LogP contribution in [0.3, 0.4) is 0 Å². The molecule has 3 nitrogen and oxygen atoms in total. The van der Waals surface area contributed by atoms with E-state index in [9.17, 15) is 4.39 Å². The van der Waals surface area contributed by atoms with Gasteiger partial charge in [0.25, 0.3) is 5.88 Å². The highest BCUT2D eigenvalue weighted by Crippen LogP contribution is 2.17. The van der Waals surface area contributed by atoms with Crippen LogP contribution in [0.5, 0.6) is 5.88 Å². The van der Waals surface area contributed by atoms with Gasteiger partial charge in [0.15, 0.2) is 5.82 Å². The fraction of sp³-hybridized carbons (Fsp3) is 0.667. The average Bonchev–Trinajstić information content (AvgIpc) is 2.43. The van der Waals surface area contributed by atoms with Crippen LogP contribution in [0.4, 0.5) is 4.39 Å². The highest BCUT2D eigenvalue weighted by Gasteiger charge is 2.09. The lowest BCUT2D eigenvalue weighted by Gasteiger charge is -2.09. The Morgan fingerprint density at radius 2 is 2.00 bits per heavy atom. The van der Waals surface area contributed by atoms with E-state index >= 15 is 0 Å². The topological polar surface area (TPSA) is 34.1 Å². The van der Waals surface area contributed by atoms with Gasteiger partial charge in [0.1, 0.15) is 0 Å². The lowest BCUT2D eigenvalue weighted by Crippen LogP contribution is -2.14. The number of hydrogen-bond acceptors (Lipinski definition) is 3. The Kier molecular flexibility index (Phi) is 8.14. The molecule has 0 atom stereocenters. The zero-order chi connectivity index (χ0) is 13.9. The van der Waals surface area contributed by atoms with Gasteiger partial charge in [0.2, 0.25) is 0 Å². The van der Waals surface area contributed by atoms with E-state index in [1.54, 1.807) is 12.3 Å². The first kappa shape index (κ1) is 15.9. The van der Waals surface area contributed by atoms with Gasteiger partial charge in [-0.05, 0) is 19.0 Å². The molecule has 19 heavy (non-hydrogen) atoms. The van der Waals surface area contributed by atoms with E-state index in [0.717, 1.165) is 19.4 Å². The summed E-state index contributed by atoms with van der Waals surface area (Å²) in [5.41, 5.74) is 0.609. The highest BCUT2D eigenvalue weighted by atomic mass is 19.1. The number of hydrogen-bond donors (Lipinski definition) is 1. The van der Waals surface area contributed by atoms with Crippen LogP contribution >= 0.6 is 0 Å². The van der Waals surface area contributed by atoms with E-state index in [2.05, 4.69) is 17.2 Å². The Hall–Kier alpha value is -1.16. The number of ether oxygens (including phenoxy) is 1. The maximum absolute atomic E-state index is 14.0. The van der Waals surface area contributed by atoms with Crippen LogP contribution in [0, 0.1) is 5.82 Å². The number of pyridine rings is 1.